The zero-order valence-electron chi connectivity index (χ0n) is 54.1. The molecule has 8 rings (SSSR count). The lowest BCUT2D eigenvalue weighted by Gasteiger charge is -2.35. The van der Waals surface area contributed by atoms with Crippen molar-refractivity contribution in [2.24, 2.45) is 0 Å². The van der Waals surface area contributed by atoms with Gasteiger partial charge in [-0.15, -0.1) is 6.42 Å². The molecule has 2 aliphatic heterocycles. The summed E-state index contributed by atoms with van der Waals surface area (Å²) in [5, 5.41) is 17.8. The number of hydrogen-bond donors (Lipinski definition) is 7. The van der Waals surface area contributed by atoms with Crippen LogP contribution in [0.25, 0.3) is 0 Å². The van der Waals surface area contributed by atoms with Crippen LogP contribution in [0, 0.1) is 18.2 Å². The molecular weight excluding hydrogens is 1400 g/mol. The van der Waals surface area contributed by atoms with Crippen LogP contribution in [0.4, 0.5) is 38.4 Å². The third-order valence-electron chi connectivity index (χ3n) is 11.8. The number of aliphatic carboxylic acids is 1. The van der Waals surface area contributed by atoms with Crippen LogP contribution < -0.4 is 59.6 Å². The maximum atomic E-state index is 14.4. The topological polar surface area (TPSA) is 401 Å². The van der Waals surface area contributed by atoms with E-state index in [0.29, 0.717) is 59.1 Å². The molecule has 3 aliphatic rings. The van der Waals surface area contributed by atoms with Crippen molar-refractivity contribution in [2.45, 2.75) is 88.4 Å². The Labute approximate surface area is 577 Å². The number of halogens is 5. The van der Waals surface area contributed by atoms with Gasteiger partial charge in [-0.25, -0.2) is 23.8 Å². The number of fused-ring (bicyclic) bond motifs is 1. The summed E-state index contributed by atoms with van der Waals surface area (Å²) >= 11 is 23.0. The standard InChI is InChI=1S/C18H15ClFNO3.C15H18N6O6S.C11H11Cl2NO2.C8H14ClN5.C3H8NO5P.C3H9S/c1-3-10(2)24-16-9-15(14(20)8-13(16)19)21-17(22)11-6-4-5-7-12(11)18(21)23;1-21(2)13(22)9-6-5-7-16-12(9)28(24,25)20-15(23)19-14-17-10(26-3)8-11(18-14)27-4;1-7-6-16-9-5-3-2-4-8(9)14(7)11(15)10(12)13;1-4-10-7-12-6(9)13-8(14-7)11-5(2)3;5-3(6)1-4-2-10(7,8)9;1-4(2)3/h1,8-10H,4-7H2,2H3;5-8H,1-4H3,(H2,17,18,19,20,23);2-5,7,10H,6H2,1H3;5H,4H2,1-3H3,(H2,10,11,12,13,14);4H,1-2H2,(H,5,6)(H2,7,8,9);1-3H3/q;;;;;+1/p-1. The third kappa shape index (κ3) is 26.6. The zero-order chi connectivity index (χ0) is 72.4. The van der Waals surface area contributed by atoms with Crippen molar-refractivity contribution in [3.8, 4) is 35.6 Å². The molecule has 0 bridgehead atoms. The molecule has 38 heteroatoms. The Bertz CT molecular complexity index is 3730. The van der Waals surface area contributed by atoms with Gasteiger partial charge in [0, 0.05) is 50.1 Å². The number of carboxylic acid groups (broad SMARTS) is 1. The highest BCUT2D eigenvalue weighted by Crippen LogP contribution is 2.40. The molecule has 0 saturated carbocycles. The third-order valence-corrected chi connectivity index (χ3v) is 14.6. The fourth-order valence-electron chi connectivity index (χ4n) is 7.89. The second kappa shape index (κ2) is 39.3. The van der Waals surface area contributed by atoms with Crippen molar-refractivity contribution in [3.63, 3.8) is 0 Å². The molecule has 96 heavy (non-hydrogen) atoms. The molecule has 3 aromatic heterocycles. The van der Waals surface area contributed by atoms with Gasteiger partial charge in [-0.1, -0.05) is 52.9 Å². The van der Waals surface area contributed by atoms with Gasteiger partial charge >= 0.3 is 12.0 Å². The molecule has 0 fully saturated rings. The first-order valence-corrected chi connectivity index (χ1v) is 35.7. The highest BCUT2D eigenvalue weighted by Gasteiger charge is 2.41. The van der Waals surface area contributed by atoms with Crippen LogP contribution in [-0.2, 0) is 44.7 Å². The molecule has 2 aromatic carbocycles. The molecule has 0 spiro atoms. The molecule has 6 amide bonds. The molecular formula is C58H74Cl4FN14O16PS2. The van der Waals surface area contributed by atoms with E-state index >= 15 is 0 Å². The number of aromatic nitrogens is 6. The number of terminal acetylenes is 1. The molecule has 3 atom stereocenters. The number of alkyl halides is 2. The van der Waals surface area contributed by atoms with Gasteiger partial charge in [-0.05, 0) is 113 Å². The first-order valence-electron chi connectivity index (χ1n) is 28.4. The first-order chi connectivity index (χ1) is 45.0. The van der Waals surface area contributed by atoms with Gasteiger partial charge in [-0.2, -0.15) is 33.3 Å². The second-order valence-electron chi connectivity index (χ2n) is 20.7. The maximum Gasteiger partial charge on any atom is 0.335 e. The van der Waals surface area contributed by atoms with Crippen LogP contribution in [-0.4, -0.2) is 185 Å². The minimum Gasteiger partial charge on any atom is -0.778 e. The summed E-state index contributed by atoms with van der Waals surface area (Å²) in [6, 6.07) is 12.7. The number of amides is 6. The Balaban J connectivity index is 0.000000320. The lowest BCUT2D eigenvalue weighted by Crippen LogP contribution is -2.47. The Morgan fingerprint density at radius 1 is 0.917 bits per heavy atom. The van der Waals surface area contributed by atoms with Crippen molar-refractivity contribution in [3.05, 3.63) is 93.6 Å². The highest BCUT2D eigenvalue weighted by molar-refractivity contribution is 7.94. The van der Waals surface area contributed by atoms with Crippen LogP contribution in [0.1, 0.15) is 70.7 Å². The number of carbonyl (C=O) groups is 6. The average molecular weight is 1480 g/mol. The molecule has 0 radical (unpaired) electrons. The smallest absolute Gasteiger partial charge is 0.335 e. The van der Waals surface area contributed by atoms with E-state index < -0.39 is 82.0 Å². The molecule has 3 unspecified atom stereocenters. The number of methoxy groups -OCH3 is 2. The van der Waals surface area contributed by atoms with E-state index in [1.165, 1.54) is 63.7 Å². The summed E-state index contributed by atoms with van der Waals surface area (Å²) in [6.45, 7) is 10.2. The van der Waals surface area contributed by atoms with Gasteiger partial charge in [0.25, 0.3) is 33.7 Å². The molecule has 7 N–H and O–H groups in total. The predicted molar refractivity (Wildman–Crippen MR) is 363 cm³/mol. The van der Waals surface area contributed by atoms with Gasteiger partial charge in [0.1, 0.15) is 31.5 Å². The summed E-state index contributed by atoms with van der Waals surface area (Å²) in [7, 11) is -2.56. The fraction of sp³-hybridized carbons (Fsp3) is 0.414. The predicted octanol–water partition coefficient (Wildman–Crippen LogP) is 6.76. The van der Waals surface area contributed by atoms with E-state index in [0.717, 1.165) is 36.0 Å². The zero-order valence-corrected chi connectivity index (χ0v) is 59.7. The highest BCUT2D eigenvalue weighted by atomic mass is 35.5. The second-order valence-corrected chi connectivity index (χ2v) is 28.2. The summed E-state index contributed by atoms with van der Waals surface area (Å²) in [5.74, 6) is 0.336. The van der Waals surface area contributed by atoms with Gasteiger partial charge in [0.15, 0.2) is 16.0 Å². The summed E-state index contributed by atoms with van der Waals surface area (Å²) in [5.41, 5.74) is 1.34. The van der Waals surface area contributed by atoms with Gasteiger partial charge < -0.3 is 58.8 Å². The number of anilines is 5. The number of nitrogens with one attached hydrogen (secondary N) is 5. The van der Waals surface area contributed by atoms with Crippen LogP contribution >= 0.6 is 54.0 Å². The Kier molecular flexibility index (Phi) is 33.7. The molecule has 5 heterocycles. The van der Waals surface area contributed by atoms with Crippen molar-refractivity contribution in [2.75, 3.05) is 98.8 Å². The SMILES string of the molecule is C#CC(C)Oc1cc(N2C(=O)C3=C(CCCC3)C2=O)c(F)cc1Cl.CC1COc2ccccc2N1C(=O)C(Cl)Cl.CCNc1nc(Cl)nc(NC(C)C)n1.COc1cc(OC)nc(NC(=O)NS(=O)(=O)c2ncccc2C(=O)N(C)C)n1.C[S+](C)C.O=C(O)CNCP(=O)([O-])O. The van der Waals surface area contributed by atoms with Crippen molar-refractivity contribution in [1.29, 1.82) is 0 Å². The number of pyridine rings is 1. The number of para-hydroxylation sites is 2. The Morgan fingerprint density at radius 3 is 2.02 bits per heavy atom. The van der Waals surface area contributed by atoms with E-state index in [9.17, 15) is 51.0 Å². The minimum absolute atomic E-state index is 0.0233. The lowest BCUT2D eigenvalue weighted by molar-refractivity contribution is -0.193. The van der Waals surface area contributed by atoms with E-state index in [1.807, 2.05) is 57.3 Å². The van der Waals surface area contributed by atoms with Crippen LogP contribution in [0.15, 0.2) is 77.0 Å². The molecule has 0 saturated heterocycles. The summed E-state index contributed by atoms with van der Waals surface area (Å²) < 4.78 is 72.0. The summed E-state index contributed by atoms with van der Waals surface area (Å²) in [4.78, 5) is 115. The lowest BCUT2D eigenvalue weighted by atomic mass is 9.93. The number of imide groups is 1. The van der Waals surface area contributed by atoms with Gasteiger partial charge in [0.05, 0.1) is 79.9 Å². The quantitative estimate of drug-likeness (QED) is 0.0156. The number of ether oxygens (including phenoxy) is 4. The molecule has 30 nitrogen and oxygen atoms in total. The molecule has 5 aromatic rings. The maximum absolute atomic E-state index is 14.4. The van der Waals surface area contributed by atoms with E-state index in [-0.39, 0.29) is 63.0 Å². The number of nitrogens with zero attached hydrogens (tertiary/aromatic N) is 9. The average Bonchev–Trinajstić information content (AvgIpc) is 1.56. The number of sulfonamides is 1. The van der Waals surface area contributed by atoms with Crippen LogP contribution in [0.2, 0.25) is 10.3 Å². The van der Waals surface area contributed by atoms with Crippen LogP contribution in [0.5, 0.6) is 23.3 Å². The monoisotopic (exact) mass is 1480 g/mol. The number of carbonyl (C=O) groups excluding carboxylic acids is 5. The summed E-state index contributed by atoms with van der Waals surface area (Å²) in [6.07, 6.45) is 14.5. The van der Waals surface area contributed by atoms with E-state index in [1.54, 1.807) is 16.5 Å². The van der Waals surface area contributed by atoms with Gasteiger partial charge in [-0.3, -0.25) is 34.6 Å². The van der Waals surface area contributed by atoms with Gasteiger partial charge in [0.2, 0.25) is 34.9 Å². The Morgan fingerprint density at radius 2 is 1.50 bits per heavy atom. The molecule has 524 valence electrons. The Hall–Kier alpha value is -7.90. The number of rotatable bonds is 18. The van der Waals surface area contributed by atoms with Crippen molar-refractivity contribution < 1.29 is 80.0 Å². The van der Waals surface area contributed by atoms with Crippen molar-refractivity contribution in [1.82, 2.24) is 44.8 Å². The number of carboxylic acids is 1. The van der Waals surface area contributed by atoms with Crippen molar-refractivity contribution >= 4 is 140 Å². The number of benzene rings is 2. The normalized spacial score (nSPS) is 14.5. The molecule has 1 aliphatic carbocycles. The largest absolute Gasteiger partial charge is 0.778 e. The minimum atomic E-state index is -4.46. The van der Waals surface area contributed by atoms with Crippen LogP contribution in [0.3, 0.4) is 0 Å². The van der Waals surface area contributed by atoms with E-state index in [4.69, 9.17) is 81.8 Å². The number of hydrogen-bond acceptors (Lipinski definition) is 23. The first kappa shape index (κ1) is 82.3. The van der Waals surface area contributed by atoms with E-state index in [2.05, 4.69) is 70.5 Å². The number of urea groups is 1. The fourth-order valence-corrected chi connectivity index (χ4v) is 9.89.